The standard InChI is InChI=1S/C14H23N5O2/c15-3-5-18-8-13(17-10-18)14(20)16-6-12-7-19-4-1-2-11(19)9-21-12/h8,10-12H,1-7,9,15H2,(H,16,20). The summed E-state index contributed by atoms with van der Waals surface area (Å²) in [5.41, 5.74) is 5.90. The predicted octanol–water partition coefficient (Wildman–Crippen LogP) is -0.565. The first-order valence-corrected chi connectivity index (χ1v) is 7.62. The minimum Gasteiger partial charge on any atom is -0.373 e. The normalized spacial score (nSPS) is 25.8. The highest BCUT2D eigenvalue weighted by Crippen LogP contribution is 2.22. The summed E-state index contributed by atoms with van der Waals surface area (Å²) in [6, 6.07) is 0.587. The van der Waals surface area contributed by atoms with Crippen LogP contribution in [0.2, 0.25) is 0 Å². The summed E-state index contributed by atoms with van der Waals surface area (Å²) in [5.74, 6) is -0.155. The number of ether oxygens (including phenoxy) is 1. The maximum absolute atomic E-state index is 12.0. The maximum Gasteiger partial charge on any atom is 0.271 e. The van der Waals surface area contributed by atoms with Crippen molar-refractivity contribution in [2.45, 2.75) is 31.5 Å². The summed E-state index contributed by atoms with van der Waals surface area (Å²) < 4.78 is 7.64. The number of morpholine rings is 1. The molecule has 3 N–H and O–H groups in total. The van der Waals surface area contributed by atoms with E-state index in [4.69, 9.17) is 10.5 Å². The van der Waals surface area contributed by atoms with Gasteiger partial charge in [0.25, 0.3) is 5.91 Å². The van der Waals surface area contributed by atoms with Crippen LogP contribution in [0, 0.1) is 0 Å². The number of rotatable bonds is 5. The van der Waals surface area contributed by atoms with Crippen molar-refractivity contribution in [3.05, 3.63) is 18.2 Å². The number of fused-ring (bicyclic) bond motifs is 1. The third-order valence-corrected chi connectivity index (χ3v) is 4.21. The maximum atomic E-state index is 12.0. The zero-order chi connectivity index (χ0) is 14.7. The van der Waals surface area contributed by atoms with Crippen molar-refractivity contribution in [3.8, 4) is 0 Å². The summed E-state index contributed by atoms with van der Waals surface area (Å²) in [4.78, 5) is 18.6. The van der Waals surface area contributed by atoms with Crippen molar-refractivity contribution in [2.24, 2.45) is 5.73 Å². The summed E-state index contributed by atoms with van der Waals surface area (Å²) in [7, 11) is 0. The number of nitrogens with two attached hydrogens (primary N) is 1. The van der Waals surface area contributed by atoms with Gasteiger partial charge in [0.1, 0.15) is 5.69 Å². The van der Waals surface area contributed by atoms with Gasteiger partial charge in [0, 0.05) is 38.4 Å². The SMILES string of the molecule is NCCn1cnc(C(=O)NCC2CN3CCCC3CO2)c1. The molecule has 0 saturated carbocycles. The van der Waals surface area contributed by atoms with Crippen molar-refractivity contribution < 1.29 is 9.53 Å². The Morgan fingerprint density at radius 2 is 2.48 bits per heavy atom. The van der Waals surface area contributed by atoms with Crippen LogP contribution in [0.25, 0.3) is 0 Å². The molecule has 7 heteroatoms. The highest BCUT2D eigenvalue weighted by molar-refractivity contribution is 5.92. The lowest BCUT2D eigenvalue weighted by atomic mass is 10.2. The molecule has 2 aliphatic rings. The van der Waals surface area contributed by atoms with Crippen molar-refractivity contribution in [1.82, 2.24) is 19.8 Å². The van der Waals surface area contributed by atoms with E-state index in [1.807, 2.05) is 4.57 Å². The average Bonchev–Trinajstić information content (AvgIpc) is 3.13. The molecule has 7 nitrogen and oxygen atoms in total. The Balaban J connectivity index is 1.46. The van der Waals surface area contributed by atoms with E-state index in [0.717, 1.165) is 19.7 Å². The Morgan fingerprint density at radius 1 is 1.57 bits per heavy atom. The second kappa shape index (κ2) is 6.55. The van der Waals surface area contributed by atoms with Crippen LogP contribution in [0.15, 0.2) is 12.5 Å². The van der Waals surface area contributed by atoms with Crippen molar-refractivity contribution in [2.75, 3.05) is 32.8 Å². The number of hydrogen-bond donors (Lipinski definition) is 2. The predicted molar refractivity (Wildman–Crippen MR) is 77.9 cm³/mol. The molecular weight excluding hydrogens is 270 g/mol. The van der Waals surface area contributed by atoms with E-state index in [9.17, 15) is 4.79 Å². The molecule has 0 bridgehead atoms. The van der Waals surface area contributed by atoms with Crippen LogP contribution in [0.3, 0.4) is 0 Å². The molecule has 2 unspecified atom stereocenters. The number of aromatic nitrogens is 2. The summed E-state index contributed by atoms with van der Waals surface area (Å²) in [6.07, 6.45) is 5.92. The fourth-order valence-electron chi connectivity index (χ4n) is 3.05. The fraction of sp³-hybridized carbons (Fsp3) is 0.714. The van der Waals surface area contributed by atoms with Gasteiger partial charge in [0.05, 0.1) is 19.0 Å². The molecule has 2 aliphatic heterocycles. The van der Waals surface area contributed by atoms with Crippen LogP contribution in [0.5, 0.6) is 0 Å². The highest BCUT2D eigenvalue weighted by Gasteiger charge is 2.32. The number of carbonyl (C=O) groups excluding carboxylic acids is 1. The van der Waals surface area contributed by atoms with Crippen LogP contribution in [-0.2, 0) is 11.3 Å². The molecule has 1 aromatic rings. The first kappa shape index (κ1) is 14.5. The molecule has 2 saturated heterocycles. The largest absolute Gasteiger partial charge is 0.373 e. The van der Waals surface area contributed by atoms with Gasteiger partial charge in [-0.25, -0.2) is 4.98 Å². The highest BCUT2D eigenvalue weighted by atomic mass is 16.5. The number of carbonyl (C=O) groups is 1. The molecule has 0 aromatic carbocycles. The number of nitrogens with one attached hydrogen (secondary N) is 1. The van der Waals surface area contributed by atoms with E-state index in [0.29, 0.717) is 31.4 Å². The first-order valence-electron chi connectivity index (χ1n) is 7.62. The molecule has 1 amide bonds. The first-order chi connectivity index (χ1) is 10.3. The van der Waals surface area contributed by atoms with Gasteiger partial charge >= 0.3 is 0 Å². The van der Waals surface area contributed by atoms with Crippen LogP contribution in [-0.4, -0.2) is 65.3 Å². The summed E-state index contributed by atoms with van der Waals surface area (Å²) in [6.45, 7) is 4.58. The van der Waals surface area contributed by atoms with Gasteiger partial charge in [0.15, 0.2) is 0 Å². The van der Waals surface area contributed by atoms with E-state index in [1.54, 1.807) is 12.5 Å². The van der Waals surface area contributed by atoms with Gasteiger partial charge in [-0.1, -0.05) is 0 Å². The fourth-order valence-corrected chi connectivity index (χ4v) is 3.05. The van der Waals surface area contributed by atoms with Gasteiger partial charge in [-0.05, 0) is 19.4 Å². The molecular formula is C14H23N5O2. The van der Waals surface area contributed by atoms with Gasteiger partial charge in [-0.15, -0.1) is 0 Å². The number of hydrogen-bond acceptors (Lipinski definition) is 5. The van der Waals surface area contributed by atoms with Crippen LogP contribution < -0.4 is 11.1 Å². The lowest BCUT2D eigenvalue weighted by Crippen LogP contribution is -2.50. The second-order valence-corrected chi connectivity index (χ2v) is 5.74. The third kappa shape index (κ3) is 3.42. The average molecular weight is 293 g/mol. The topological polar surface area (TPSA) is 85.4 Å². The Bertz CT molecular complexity index is 489. The number of nitrogens with zero attached hydrogens (tertiary/aromatic N) is 3. The third-order valence-electron chi connectivity index (χ3n) is 4.21. The van der Waals surface area contributed by atoms with E-state index in [2.05, 4.69) is 15.2 Å². The molecule has 116 valence electrons. The number of imidazole rings is 1. The Kier molecular flexibility index (Phi) is 4.52. The molecule has 0 spiro atoms. The molecule has 0 aliphatic carbocycles. The second-order valence-electron chi connectivity index (χ2n) is 5.74. The Hall–Kier alpha value is -1.44. The zero-order valence-corrected chi connectivity index (χ0v) is 12.2. The monoisotopic (exact) mass is 293 g/mol. The summed E-state index contributed by atoms with van der Waals surface area (Å²) >= 11 is 0. The Morgan fingerprint density at radius 3 is 3.33 bits per heavy atom. The van der Waals surface area contributed by atoms with E-state index >= 15 is 0 Å². The van der Waals surface area contributed by atoms with Crippen molar-refractivity contribution in [1.29, 1.82) is 0 Å². The lowest BCUT2D eigenvalue weighted by molar-refractivity contribution is -0.0462. The lowest BCUT2D eigenvalue weighted by Gasteiger charge is -2.35. The van der Waals surface area contributed by atoms with E-state index < -0.39 is 0 Å². The molecule has 2 fully saturated rings. The van der Waals surface area contributed by atoms with Crippen molar-refractivity contribution >= 4 is 5.91 Å². The molecule has 2 atom stereocenters. The summed E-state index contributed by atoms with van der Waals surface area (Å²) in [5, 5.41) is 2.91. The van der Waals surface area contributed by atoms with Gasteiger partial charge in [-0.2, -0.15) is 0 Å². The minimum absolute atomic E-state index is 0.0782. The van der Waals surface area contributed by atoms with Crippen LogP contribution in [0.4, 0.5) is 0 Å². The zero-order valence-electron chi connectivity index (χ0n) is 12.2. The van der Waals surface area contributed by atoms with Crippen LogP contribution in [0.1, 0.15) is 23.3 Å². The van der Waals surface area contributed by atoms with E-state index in [-0.39, 0.29) is 12.0 Å². The van der Waals surface area contributed by atoms with Crippen LogP contribution >= 0.6 is 0 Å². The molecule has 21 heavy (non-hydrogen) atoms. The van der Waals surface area contributed by atoms with E-state index in [1.165, 1.54) is 12.8 Å². The van der Waals surface area contributed by atoms with Gasteiger partial charge < -0.3 is 20.4 Å². The molecule has 0 radical (unpaired) electrons. The molecule has 3 heterocycles. The smallest absolute Gasteiger partial charge is 0.271 e. The molecule has 3 rings (SSSR count). The minimum atomic E-state index is -0.155. The number of amides is 1. The van der Waals surface area contributed by atoms with Gasteiger partial charge in [-0.3, -0.25) is 9.69 Å². The van der Waals surface area contributed by atoms with Crippen molar-refractivity contribution in [3.63, 3.8) is 0 Å². The van der Waals surface area contributed by atoms with Gasteiger partial charge in [0.2, 0.25) is 0 Å². The molecule has 1 aromatic heterocycles. The Labute approximate surface area is 124 Å². The quantitative estimate of drug-likeness (QED) is 0.760.